The van der Waals surface area contributed by atoms with Gasteiger partial charge in [-0.3, -0.25) is 0 Å². The Balaban J connectivity index is 1.74. The van der Waals surface area contributed by atoms with Gasteiger partial charge in [-0.2, -0.15) is 0 Å². The van der Waals surface area contributed by atoms with Crippen molar-refractivity contribution in [3.63, 3.8) is 0 Å². The van der Waals surface area contributed by atoms with Crippen molar-refractivity contribution in [2.75, 3.05) is 13.2 Å². The van der Waals surface area contributed by atoms with E-state index in [0.29, 0.717) is 0 Å². The molecule has 0 spiro atoms. The highest BCUT2D eigenvalue weighted by Crippen LogP contribution is 2.58. The lowest BCUT2D eigenvalue weighted by Crippen LogP contribution is -2.34. The van der Waals surface area contributed by atoms with Crippen LogP contribution in [0.5, 0.6) is 0 Å². The zero-order valence-corrected chi connectivity index (χ0v) is 10.9. The van der Waals surface area contributed by atoms with Crippen molar-refractivity contribution in [3.05, 3.63) is 0 Å². The smallest absolute Gasteiger partial charge is 0.0497 e. The van der Waals surface area contributed by atoms with Crippen LogP contribution in [0.2, 0.25) is 0 Å². The van der Waals surface area contributed by atoms with Gasteiger partial charge in [0, 0.05) is 13.2 Å². The van der Waals surface area contributed by atoms with Gasteiger partial charge in [0.25, 0.3) is 0 Å². The first-order valence-corrected chi connectivity index (χ1v) is 7.27. The van der Waals surface area contributed by atoms with E-state index in [1.807, 2.05) is 0 Å². The molecule has 3 fully saturated rings. The van der Waals surface area contributed by atoms with E-state index in [1.54, 1.807) is 0 Å². The summed E-state index contributed by atoms with van der Waals surface area (Å²) in [4.78, 5) is 0. The maximum atomic E-state index is 5.59. The van der Waals surface area contributed by atoms with Crippen molar-refractivity contribution in [3.8, 4) is 0 Å². The van der Waals surface area contributed by atoms with Crippen molar-refractivity contribution in [1.82, 2.24) is 0 Å². The third kappa shape index (κ3) is 1.72. The molecule has 0 aromatic heterocycles. The highest BCUT2D eigenvalue weighted by atomic mass is 16.5. The summed E-state index contributed by atoms with van der Waals surface area (Å²) in [5, 5.41) is 0. The average Bonchev–Trinajstić information content (AvgIpc) is 2.87. The van der Waals surface area contributed by atoms with Gasteiger partial charge >= 0.3 is 0 Å². The van der Waals surface area contributed by atoms with E-state index >= 15 is 0 Å². The molecule has 0 aromatic rings. The zero-order chi connectivity index (χ0) is 11.2. The molecule has 2 aliphatic carbocycles. The molecule has 16 heavy (non-hydrogen) atoms. The molecule has 3 rings (SSSR count). The van der Waals surface area contributed by atoms with Crippen LogP contribution in [0, 0.1) is 29.1 Å². The Labute approximate surface area is 99.9 Å². The predicted molar refractivity (Wildman–Crippen MR) is 66.3 cm³/mol. The van der Waals surface area contributed by atoms with Crippen molar-refractivity contribution in [1.29, 1.82) is 0 Å². The SMILES string of the molecule is CC(C)C12CCC(CC(C3CCOC3)C1)C2. The normalized spacial score (nSPS) is 47.8. The number of hydrogen-bond donors (Lipinski definition) is 0. The van der Waals surface area contributed by atoms with Gasteiger partial charge in [0.1, 0.15) is 0 Å². The van der Waals surface area contributed by atoms with E-state index in [1.165, 1.54) is 38.5 Å². The first-order chi connectivity index (χ1) is 7.70. The molecular formula is C15H26O. The lowest BCUT2D eigenvalue weighted by atomic mass is 9.62. The van der Waals surface area contributed by atoms with Crippen LogP contribution in [-0.2, 0) is 4.74 Å². The number of ether oxygens (including phenoxy) is 1. The summed E-state index contributed by atoms with van der Waals surface area (Å²) in [7, 11) is 0. The van der Waals surface area contributed by atoms with Gasteiger partial charge in [-0.05, 0) is 67.6 Å². The lowest BCUT2D eigenvalue weighted by molar-refractivity contribution is 0.0642. The Morgan fingerprint density at radius 3 is 2.69 bits per heavy atom. The summed E-state index contributed by atoms with van der Waals surface area (Å²) in [6.07, 6.45) is 8.93. The summed E-state index contributed by atoms with van der Waals surface area (Å²) >= 11 is 0. The molecule has 4 atom stereocenters. The van der Waals surface area contributed by atoms with Gasteiger partial charge in [-0.25, -0.2) is 0 Å². The highest BCUT2D eigenvalue weighted by molar-refractivity contribution is 4.99. The fourth-order valence-corrected chi connectivity index (χ4v) is 4.73. The maximum absolute atomic E-state index is 5.59. The molecule has 2 bridgehead atoms. The Morgan fingerprint density at radius 1 is 1.12 bits per heavy atom. The molecule has 1 saturated heterocycles. The standard InChI is InChI=1S/C15H26O/c1-11(2)15-5-3-12(8-15)7-14(9-15)13-4-6-16-10-13/h11-14H,3-10H2,1-2H3. The van der Waals surface area contributed by atoms with Gasteiger partial charge in [-0.15, -0.1) is 0 Å². The molecule has 0 amide bonds. The van der Waals surface area contributed by atoms with Gasteiger partial charge in [-0.1, -0.05) is 13.8 Å². The second kappa shape index (κ2) is 4.01. The van der Waals surface area contributed by atoms with Gasteiger partial charge in [0.05, 0.1) is 0 Å². The van der Waals surface area contributed by atoms with Crippen LogP contribution in [0.25, 0.3) is 0 Å². The minimum absolute atomic E-state index is 0.718. The molecule has 1 aliphatic heterocycles. The lowest BCUT2D eigenvalue weighted by Gasteiger charge is -2.43. The molecule has 92 valence electrons. The van der Waals surface area contributed by atoms with Gasteiger partial charge in [0.2, 0.25) is 0 Å². The molecule has 0 radical (unpaired) electrons. The maximum Gasteiger partial charge on any atom is 0.0497 e. The molecule has 0 N–H and O–H groups in total. The van der Waals surface area contributed by atoms with Crippen LogP contribution in [0.4, 0.5) is 0 Å². The number of fused-ring (bicyclic) bond motifs is 2. The molecule has 2 saturated carbocycles. The molecule has 4 unspecified atom stereocenters. The summed E-state index contributed by atoms with van der Waals surface area (Å²) in [6, 6.07) is 0. The van der Waals surface area contributed by atoms with E-state index in [-0.39, 0.29) is 0 Å². The molecule has 1 nitrogen and oxygen atoms in total. The Morgan fingerprint density at radius 2 is 2.00 bits per heavy atom. The Kier molecular flexibility index (Phi) is 2.78. The second-order valence-electron chi connectivity index (χ2n) is 6.95. The summed E-state index contributed by atoms with van der Waals surface area (Å²) in [6.45, 7) is 7.00. The fourth-order valence-electron chi connectivity index (χ4n) is 4.73. The fraction of sp³-hybridized carbons (Fsp3) is 1.00. The van der Waals surface area contributed by atoms with E-state index in [4.69, 9.17) is 4.74 Å². The highest BCUT2D eigenvalue weighted by Gasteiger charge is 2.48. The zero-order valence-electron chi connectivity index (χ0n) is 10.9. The van der Waals surface area contributed by atoms with E-state index in [9.17, 15) is 0 Å². The first kappa shape index (κ1) is 11.1. The molecule has 3 aliphatic rings. The number of hydrogen-bond acceptors (Lipinski definition) is 1. The minimum atomic E-state index is 0.718. The van der Waals surface area contributed by atoms with E-state index in [0.717, 1.165) is 42.3 Å². The molecule has 1 heterocycles. The number of rotatable bonds is 2. The van der Waals surface area contributed by atoms with E-state index < -0.39 is 0 Å². The van der Waals surface area contributed by atoms with Crippen LogP contribution in [0.15, 0.2) is 0 Å². The monoisotopic (exact) mass is 222 g/mol. The molecule has 0 aromatic carbocycles. The second-order valence-corrected chi connectivity index (χ2v) is 6.95. The Hall–Kier alpha value is -0.0400. The predicted octanol–water partition coefficient (Wildman–Crippen LogP) is 3.88. The minimum Gasteiger partial charge on any atom is -0.381 e. The van der Waals surface area contributed by atoms with Gasteiger partial charge < -0.3 is 4.74 Å². The quantitative estimate of drug-likeness (QED) is 0.689. The van der Waals surface area contributed by atoms with Crippen molar-refractivity contribution >= 4 is 0 Å². The summed E-state index contributed by atoms with van der Waals surface area (Å²) < 4.78 is 5.59. The van der Waals surface area contributed by atoms with Crippen LogP contribution in [0.3, 0.4) is 0 Å². The van der Waals surface area contributed by atoms with Crippen molar-refractivity contribution in [2.24, 2.45) is 29.1 Å². The van der Waals surface area contributed by atoms with Crippen LogP contribution in [0.1, 0.15) is 52.4 Å². The summed E-state index contributed by atoms with van der Waals surface area (Å²) in [5.74, 6) is 3.84. The van der Waals surface area contributed by atoms with Crippen LogP contribution in [-0.4, -0.2) is 13.2 Å². The molecule has 1 heteroatoms. The topological polar surface area (TPSA) is 9.23 Å². The Bertz CT molecular complexity index is 254. The third-order valence-electron chi connectivity index (χ3n) is 5.91. The van der Waals surface area contributed by atoms with Gasteiger partial charge in [0.15, 0.2) is 0 Å². The third-order valence-corrected chi connectivity index (χ3v) is 5.91. The van der Waals surface area contributed by atoms with Crippen molar-refractivity contribution in [2.45, 2.75) is 52.4 Å². The van der Waals surface area contributed by atoms with Crippen LogP contribution >= 0.6 is 0 Å². The average molecular weight is 222 g/mol. The van der Waals surface area contributed by atoms with Crippen molar-refractivity contribution < 1.29 is 4.74 Å². The largest absolute Gasteiger partial charge is 0.381 e. The first-order valence-electron chi connectivity index (χ1n) is 7.27. The summed E-state index contributed by atoms with van der Waals surface area (Å²) in [5.41, 5.74) is 0.718. The van der Waals surface area contributed by atoms with E-state index in [2.05, 4.69) is 13.8 Å². The van der Waals surface area contributed by atoms with Crippen LogP contribution < -0.4 is 0 Å². The molecular weight excluding hydrogens is 196 g/mol.